The van der Waals surface area contributed by atoms with Gasteiger partial charge in [0.15, 0.2) is 0 Å². The molecule has 1 aliphatic rings. The Bertz CT molecular complexity index is 441. The molecule has 0 aliphatic carbocycles. The maximum absolute atomic E-state index is 6.08. The summed E-state index contributed by atoms with van der Waals surface area (Å²) in [6.07, 6.45) is 4.71. The van der Waals surface area contributed by atoms with E-state index in [4.69, 9.17) is 5.73 Å². The summed E-state index contributed by atoms with van der Waals surface area (Å²) in [5.41, 5.74) is 10.3. The van der Waals surface area contributed by atoms with Crippen molar-refractivity contribution in [3.8, 4) is 0 Å². The molecular formula is C18H30N2. The molecule has 1 fully saturated rings. The molecule has 2 N–H and O–H groups in total. The fourth-order valence-electron chi connectivity index (χ4n) is 3.16. The zero-order valence-corrected chi connectivity index (χ0v) is 13.5. The molecule has 0 spiro atoms. The third kappa shape index (κ3) is 3.54. The van der Waals surface area contributed by atoms with Crippen molar-refractivity contribution in [1.82, 2.24) is 0 Å². The molecule has 0 aromatic heterocycles. The number of anilines is 1. The van der Waals surface area contributed by atoms with E-state index in [-0.39, 0.29) is 6.04 Å². The summed E-state index contributed by atoms with van der Waals surface area (Å²) in [4.78, 5) is 2.57. The maximum Gasteiger partial charge on any atom is 0.0371 e. The molecule has 0 amide bonds. The van der Waals surface area contributed by atoms with E-state index >= 15 is 0 Å². The number of hydrogen-bond acceptors (Lipinski definition) is 2. The molecule has 2 nitrogen and oxygen atoms in total. The van der Waals surface area contributed by atoms with Gasteiger partial charge in [0.2, 0.25) is 0 Å². The molecule has 1 heterocycles. The molecule has 0 saturated carbocycles. The number of nitrogens with two attached hydrogens (primary N) is 1. The number of hydrogen-bond donors (Lipinski definition) is 1. The first-order valence-corrected chi connectivity index (χ1v) is 8.13. The van der Waals surface area contributed by atoms with Gasteiger partial charge in [0, 0.05) is 24.3 Å². The van der Waals surface area contributed by atoms with E-state index in [1.54, 1.807) is 0 Å². The van der Waals surface area contributed by atoms with E-state index in [2.05, 4.69) is 50.8 Å². The highest BCUT2D eigenvalue weighted by Gasteiger charge is 2.23. The topological polar surface area (TPSA) is 29.3 Å². The minimum absolute atomic E-state index is 0.286. The maximum atomic E-state index is 6.08. The largest absolute Gasteiger partial charge is 0.369 e. The zero-order valence-electron chi connectivity index (χ0n) is 13.5. The highest BCUT2D eigenvalue weighted by molar-refractivity contribution is 5.52. The van der Waals surface area contributed by atoms with Crippen molar-refractivity contribution in [1.29, 1.82) is 0 Å². The molecule has 0 radical (unpaired) electrons. The lowest BCUT2D eigenvalue weighted by Gasteiger charge is -2.39. The van der Waals surface area contributed by atoms with Crippen molar-refractivity contribution < 1.29 is 0 Å². The second kappa shape index (κ2) is 6.62. The molecular weight excluding hydrogens is 244 g/mol. The highest BCUT2D eigenvalue weighted by Crippen LogP contribution is 2.29. The Hall–Kier alpha value is -1.02. The van der Waals surface area contributed by atoms with Gasteiger partial charge in [-0.15, -0.1) is 0 Å². The van der Waals surface area contributed by atoms with Crippen molar-refractivity contribution >= 4 is 5.69 Å². The van der Waals surface area contributed by atoms with E-state index in [1.165, 1.54) is 36.2 Å². The van der Waals surface area contributed by atoms with Crippen LogP contribution >= 0.6 is 0 Å². The summed E-state index contributed by atoms with van der Waals surface area (Å²) in [6, 6.07) is 7.88. The van der Waals surface area contributed by atoms with Crippen molar-refractivity contribution in [3.05, 3.63) is 29.3 Å². The first-order chi connectivity index (χ1) is 9.51. The lowest BCUT2D eigenvalue weighted by atomic mass is 9.93. The van der Waals surface area contributed by atoms with Crippen LogP contribution in [0.25, 0.3) is 0 Å². The van der Waals surface area contributed by atoms with E-state index in [1.807, 2.05) is 0 Å². The standard InChI is InChI=1S/C18H30N2/c1-5-17(19)11-16-8-9-18(10-14(16)3)20-12-13(2)6-7-15(20)4/h8-10,13,15,17H,5-7,11-12,19H2,1-4H3. The fourth-order valence-corrected chi connectivity index (χ4v) is 3.16. The first kappa shape index (κ1) is 15.4. The van der Waals surface area contributed by atoms with Crippen molar-refractivity contribution in [2.45, 2.75) is 65.5 Å². The Balaban J connectivity index is 2.15. The van der Waals surface area contributed by atoms with E-state index in [0.717, 1.165) is 18.8 Å². The van der Waals surface area contributed by atoms with Gasteiger partial charge in [-0.25, -0.2) is 0 Å². The van der Waals surface area contributed by atoms with Crippen molar-refractivity contribution in [2.75, 3.05) is 11.4 Å². The minimum atomic E-state index is 0.286. The van der Waals surface area contributed by atoms with Crippen LogP contribution in [-0.4, -0.2) is 18.6 Å². The fraction of sp³-hybridized carbons (Fsp3) is 0.667. The van der Waals surface area contributed by atoms with Crippen LogP contribution in [-0.2, 0) is 6.42 Å². The molecule has 1 aromatic rings. The number of aryl methyl sites for hydroxylation is 1. The Morgan fingerprint density at radius 2 is 2.05 bits per heavy atom. The normalized spacial score (nSPS) is 24.8. The average molecular weight is 274 g/mol. The molecule has 0 bridgehead atoms. The summed E-state index contributed by atoms with van der Waals surface area (Å²) >= 11 is 0. The molecule has 2 heteroatoms. The second-order valence-corrected chi connectivity index (χ2v) is 6.67. The predicted molar refractivity (Wildman–Crippen MR) is 88.4 cm³/mol. The summed E-state index contributed by atoms with van der Waals surface area (Å²) in [5, 5.41) is 0. The van der Waals surface area contributed by atoms with Crippen LogP contribution in [0.1, 0.15) is 51.2 Å². The SMILES string of the molecule is CCC(N)Cc1ccc(N2CC(C)CCC2C)cc1C. The highest BCUT2D eigenvalue weighted by atomic mass is 15.2. The van der Waals surface area contributed by atoms with Crippen LogP contribution in [0.4, 0.5) is 5.69 Å². The van der Waals surface area contributed by atoms with Gasteiger partial charge in [-0.05, 0) is 68.7 Å². The third-order valence-corrected chi connectivity index (χ3v) is 4.78. The summed E-state index contributed by atoms with van der Waals surface area (Å²) < 4.78 is 0. The van der Waals surface area contributed by atoms with Crippen molar-refractivity contribution in [3.63, 3.8) is 0 Å². The Morgan fingerprint density at radius 1 is 1.30 bits per heavy atom. The summed E-state index contributed by atoms with van der Waals surface area (Å²) in [6.45, 7) is 10.3. The molecule has 1 saturated heterocycles. The van der Waals surface area contributed by atoms with Gasteiger partial charge in [-0.2, -0.15) is 0 Å². The van der Waals surface area contributed by atoms with Gasteiger partial charge >= 0.3 is 0 Å². The lowest BCUT2D eigenvalue weighted by Crippen LogP contribution is -2.41. The molecule has 1 aliphatic heterocycles. The van der Waals surface area contributed by atoms with E-state index < -0.39 is 0 Å². The zero-order chi connectivity index (χ0) is 14.7. The Kier molecular flexibility index (Phi) is 5.09. The van der Waals surface area contributed by atoms with Crippen LogP contribution in [0.2, 0.25) is 0 Å². The molecule has 20 heavy (non-hydrogen) atoms. The molecule has 2 rings (SSSR count). The van der Waals surface area contributed by atoms with Crippen LogP contribution in [0.5, 0.6) is 0 Å². The van der Waals surface area contributed by atoms with Gasteiger partial charge in [0.1, 0.15) is 0 Å². The van der Waals surface area contributed by atoms with Gasteiger partial charge in [0.25, 0.3) is 0 Å². The van der Waals surface area contributed by atoms with Crippen LogP contribution in [0, 0.1) is 12.8 Å². The number of benzene rings is 1. The number of rotatable bonds is 4. The monoisotopic (exact) mass is 274 g/mol. The van der Waals surface area contributed by atoms with Gasteiger partial charge in [-0.3, -0.25) is 0 Å². The lowest BCUT2D eigenvalue weighted by molar-refractivity contribution is 0.390. The Labute approximate surface area is 124 Å². The van der Waals surface area contributed by atoms with Gasteiger partial charge in [0.05, 0.1) is 0 Å². The van der Waals surface area contributed by atoms with E-state index in [0.29, 0.717) is 6.04 Å². The average Bonchev–Trinajstić information content (AvgIpc) is 2.43. The summed E-state index contributed by atoms with van der Waals surface area (Å²) in [7, 11) is 0. The Morgan fingerprint density at radius 3 is 2.70 bits per heavy atom. The predicted octanol–water partition coefficient (Wildman–Crippen LogP) is 3.90. The first-order valence-electron chi connectivity index (χ1n) is 8.13. The molecule has 1 aromatic carbocycles. The second-order valence-electron chi connectivity index (χ2n) is 6.67. The summed E-state index contributed by atoms with van der Waals surface area (Å²) in [5.74, 6) is 0.805. The third-order valence-electron chi connectivity index (χ3n) is 4.78. The van der Waals surface area contributed by atoms with Crippen LogP contribution in [0.3, 0.4) is 0 Å². The number of piperidine rings is 1. The van der Waals surface area contributed by atoms with Crippen LogP contribution < -0.4 is 10.6 Å². The number of nitrogens with zero attached hydrogens (tertiary/aromatic N) is 1. The van der Waals surface area contributed by atoms with Gasteiger partial charge in [-0.1, -0.05) is 19.9 Å². The molecule has 112 valence electrons. The minimum Gasteiger partial charge on any atom is -0.369 e. The van der Waals surface area contributed by atoms with Crippen molar-refractivity contribution in [2.24, 2.45) is 11.7 Å². The van der Waals surface area contributed by atoms with E-state index in [9.17, 15) is 0 Å². The van der Waals surface area contributed by atoms with Gasteiger partial charge < -0.3 is 10.6 Å². The molecule has 3 atom stereocenters. The molecule has 3 unspecified atom stereocenters. The quantitative estimate of drug-likeness (QED) is 0.902. The smallest absolute Gasteiger partial charge is 0.0371 e. The van der Waals surface area contributed by atoms with Crippen LogP contribution in [0.15, 0.2) is 18.2 Å².